The van der Waals surface area contributed by atoms with Gasteiger partial charge in [0.2, 0.25) is 0 Å². The van der Waals surface area contributed by atoms with Gasteiger partial charge in [-0.2, -0.15) is 10.2 Å². The lowest BCUT2D eigenvalue weighted by Crippen LogP contribution is -2.43. The summed E-state index contributed by atoms with van der Waals surface area (Å²) >= 11 is 0. The molecule has 3 heterocycles. The molecule has 1 aliphatic rings. The lowest BCUT2D eigenvalue weighted by Gasteiger charge is -2.34. The molecule has 3 rings (SSSR count). The third kappa shape index (κ3) is 2.78. The SMILES string of the molecule is CCC1CCCCN1C(=O)c1cc(-c2c(C)nn(C)c2C)n[nH]1. The standard InChI is InChI=1S/C17H25N5O/c1-5-13-8-6-7-9-22(13)17(23)15-10-14(18-19-15)16-11(2)20-21(4)12(16)3/h10,13H,5-9H2,1-4H3,(H,18,19). The van der Waals surface area contributed by atoms with Gasteiger partial charge in [-0.15, -0.1) is 0 Å². The predicted octanol–water partition coefficient (Wildman–Crippen LogP) is 2.83. The molecule has 1 fully saturated rings. The highest BCUT2D eigenvalue weighted by atomic mass is 16.2. The van der Waals surface area contributed by atoms with Crippen LogP contribution in [0.2, 0.25) is 0 Å². The fraction of sp³-hybridized carbons (Fsp3) is 0.588. The van der Waals surface area contributed by atoms with Gasteiger partial charge in [0.15, 0.2) is 0 Å². The van der Waals surface area contributed by atoms with Crippen LogP contribution in [0.3, 0.4) is 0 Å². The summed E-state index contributed by atoms with van der Waals surface area (Å²) in [6.45, 7) is 6.98. The zero-order chi connectivity index (χ0) is 16.6. The molecule has 1 aliphatic heterocycles. The number of carbonyl (C=O) groups is 1. The summed E-state index contributed by atoms with van der Waals surface area (Å²) in [6, 6.07) is 2.21. The van der Waals surface area contributed by atoms with Crippen molar-refractivity contribution in [3.63, 3.8) is 0 Å². The third-order valence-electron chi connectivity index (χ3n) is 4.93. The molecule has 0 spiro atoms. The maximum atomic E-state index is 12.8. The number of H-pyrrole nitrogens is 1. The second-order valence-corrected chi connectivity index (χ2v) is 6.39. The number of likely N-dealkylation sites (tertiary alicyclic amines) is 1. The van der Waals surface area contributed by atoms with Crippen LogP contribution in [0.25, 0.3) is 11.3 Å². The Labute approximate surface area is 136 Å². The molecule has 1 unspecified atom stereocenters. The summed E-state index contributed by atoms with van der Waals surface area (Å²) < 4.78 is 1.85. The molecule has 23 heavy (non-hydrogen) atoms. The van der Waals surface area contributed by atoms with Crippen molar-refractivity contribution in [3.8, 4) is 11.3 Å². The Morgan fingerprint density at radius 3 is 2.83 bits per heavy atom. The molecule has 0 aliphatic carbocycles. The number of hydrogen-bond acceptors (Lipinski definition) is 3. The Hall–Kier alpha value is -2.11. The van der Waals surface area contributed by atoms with Gasteiger partial charge in [0, 0.05) is 30.9 Å². The molecule has 0 aromatic carbocycles. The van der Waals surface area contributed by atoms with Gasteiger partial charge in [-0.1, -0.05) is 6.92 Å². The Kier molecular flexibility index (Phi) is 4.24. The van der Waals surface area contributed by atoms with Crippen LogP contribution in [-0.2, 0) is 7.05 Å². The van der Waals surface area contributed by atoms with Crippen LogP contribution in [0, 0.1) is 13.8 Å². The molecule has 6 heteroatoms. The monoisotopic (exact) mass is 315 g/mol. The number of amides is 1. The molecular weight excluding hydrogens is 290 g/mol. The van der Waals surface area contributed by atoms with E-state index in [-0.39, 0.29) is 5.91 Å². The number of aryl methyl sites for hydroxylation is 2. The van der Waals surface area contributed by atoms with Crippen molar-refractivity contribution in [2.75, 3.05) is 6.54 Å². The first-order valence-electron chi connectivity index (χ1n) is 8.39. The van der Waals surface area contributed by atoms with Crippen molar-refractivity contribution in [2.45, 2.75) is 52.5 Å². The van der Waals surface area contributed by atoms with Crippen molar-refractivity contribution in [1.82, 2.24) is 24.9 Å². The number of piperidine rings is 1. The molecule has 6 nitrogen and oxygen atoms in total. The van der Waals surface area contributed by atoms with E-state index < -0.39 is 0 Å². The van der Waals surface area contributed by atoms with E-state index in [1.54, 1.807) is 0 Å². The fourth-order valence-corrected chi connectivity index (χ4v) is 3.55. The molecule has 1 N–H and O–H groups in total. The summed E-state index contributed by atoms with van der Waals surface area (Å²) in [5.41, 5.74) is 4.36. The van der Waals surface area contributed by atoms with Crippen LogP contribution >= 0.6 is 0 Å². The van der Waals surface area contributed by atoms with Gasteiger partial charge in [-0.3, -0.25) is 14.6 Å². The van der Waals surface area contributed by atoms with Gasteiger partial charge in [0.1, 0.15) is 5.69 Å². The average molecular weight is 315 g/mol. The maximum absolute atomic E-state index is 12.8. The largest absolute Gasteiger partial charge is 0.334 e. The number of rotatable bonds is 3. The van der Waals surface area contributed by atoms with E-state index in [1.165, 1.54) is 6.42 Å². The quantitative estimate of drug-likeness (QED) is 0.947. The first kappa shape index (κ1) is 15.8. The minimum Gasteiger partial charge on any atom is -0.334 e. The minimum absolute atomic E-state index is 0.0643. The summed E-state index contributed by atoms with van der Waals surface area (Å²) in [7, 11) is 1.92. The van der Waals surface area contributed by atoms with E-state index in [1.807, 2.05) is 36.5 Å². The van der Waals surface area contributed by atoms with E-state index in [9.17, 15) is 4.79 Å². The summed E-state index contributed by atoms with van der Waals surface area (Å²) in [5, 5.41) is 11.7. The van der Waals surface area contributed by atoms with Crippen LogP contribution in [-0.4, -0.2) is 43.4 Å². The van der Waals surface area contributed by atoms with E-state index in [0.29, 0.717) is 11.7 Å². The van der Waals surface area contributed by atoms with Crippen LogP contribution in [0.15, 0.2) is 6.07 Å². The molecule has 124 valence electrons. The average Bonchev–Trinajstić information content (AvgIpc) is 3.12. The second kappa shape index (κ2) is 6.18. The number of carbonyl (C=O) groups excluding carboxylic acids is 1. The highest BCUT2D eigenvalue weighted by molar-refractivity contribution is 5.93. The van der Waals surface area contributed by atoms with Crippen molar-refractivity contribution in [1.29, 1.82) is 0 Å². The van der Waals surface area contributed by atoms with E-state index >= 15 is 0 Å². The van der Waals surface area contributed by atoms with Gasteiger partial charge in [-0.25, -0.2) is 0 Å². The molecule has 2 aromatic rings. The molecule has 1 atom stereocenters. The molecular formula is C17H25N5O. The number of hydrogen-bond donors (Lipinski definition) is 1. The summed E-state index contributed by atoms with van der Waals surface area (Å²) in [6.07, 6.45) is 4.41. The molecule has 0 radical (unpaired) electrons. The Bertz CT molecular complexity index is 715. The molecule has 1 amide bonds. The van der Waals surface area contributed by atoms with Crippen LogP contribution in [0.4, 0.5) is 0 Å². The molecule has 2 aromatic heterocycles. The number of nitrogens with one attached hydrogen (secondary N) is 1. The number of aromatic amines is 1. The molecule has 0 saturated carbocycles. The highest BCUT2D eigenvalue weighted by Gasteiger charge is 2.27. The van der Waals surface area contributed by atoms with Crippen molar-refractivity contribution < 1.29 is 4.79 Å². The summed E-state index contributed by atoms with van der Waals surface area (Å²) in [5.74, 6) is 0.0643. The van der Waals surface area contributed by atoms with Crippen molar-refractivity contribution in [3.05, 3.63) is 23.1 Å². The van der Waals surface area contributed by atoms with Crippen LogP contribution in [0.1, 0.15) is 54.5 Å². The Balaban J connectivity index is 1.88. The minimum atomic E-state index is 0.0643. The van der Waals surface area contributed by atoms with Gasteiger partial charge in [-0.05, 0) is 45.6 Å². The first-order chi connectivity index (χ1) is 11.0. The number of aromatic nitrogens is 4. The van der Waals surface area contributed by atoms with Gasteiger partial charge in [0.25, 0.3) is 5.91 Å². The van der Waals surface area contributed by atoms with Gasteiger partial charge < -0.3 is 4.90 Å². The lowest BCUT2D eigenvalue weighted by molar-refractivity contribution is 0.0602. The van der Waals surface area contributed by atoms with E-state index in [2.05, 4.69) is 22.2 Å². The number of nitrogens with zero attached hydrogens (tertiary/aromatic N) is 4. The smallest absolute Gasteiger partial charge is 0.272 e. The van der Waals surface area contributed by atoms with Gasteiger partial charge >= 0.3 is 0 Å². The van der Waals surface area contributed by atoms with Gasteiger partial charge in [0.05, 0.1) is 11.4 Å². The Morgan fingerprint density at radius 1 is 1.39 bits per heavy atom. The van der Waals surface area contributed by atoms with E-state index in [0.717, 1.165) is 48.5 Å². The van der Waals surface area contributed by atoms with Crippen LogP contribution < -0.4 is 0 Å². The Morgan fingerprint density at radius 2 is 2.17 bits per heavy atom. The summed E-state index contributed by atoms with van der Waals surface area (Å²) in [4.78, 5) is 14.8. The highest BCUT2D eigenvalue weighted by Crippen LogP contribution is 2.27. The zero-order valence-electron chi connectivity index (χ0n) is 14.4. The zero-order valence-corrected chi connectivity index (χ0v) is 14.4. The second-order valence-electron chi connectivity index (χ2n) is 6.39. The van der Waals surface area contributed by atoms with Crippen LogP contribution in [0.5, 0.6) is 0 Å². The van der Waals surface area contributed by atoms with Crippen molar-refractivity contribution >= 4 is 5.91 Å². The lowest BCUT2D eigenvalue weighted by atomic mass is 9.99. The maximum Gasteiger partial charge on any atom is 0.272 e. The van der Waals surface area contributed by atoms with E-state index in [4.69, 9.17) is 0 Å². The fourth-order valence-electron chi connectivity index (χ4n) is 3.55. The predicted molar refractivity (Wildman–Crippen MR) is 89.2 cm³/mol. The van der Waals surface area contributed by atoms with Crippen molar-refractivity contribution in [2.24, 2.45) is 7.05 Å². The topological polar surface area (TPSA) is 66.8 Å². The third-order valence-corrected chi connectivity index (χ3v) is 4.93. The first-order valence-corrected chi connectivity index (χ1v) is 8.39. The molecule has 0 bridgehead atoms. The normalized spacial score (nSPS) is 18.4. The molecule has 1 saturated heterocycles.